The van der Waals surface area contributed by atoms with E-state index in [0.717, 1.165) is 24.2 Å². The SMILES string of the molecule is Cc1ccccc1-n1ccnc1-c1ccc(C2(N)CCC2)cc1. The van der Waals surface area contributed by atoms with Crippen molar-refractivity contribution in [2.75, 3.05) is 0 Å². The summed E-state index contributed by atoms with van der Waals surface area (Å²) in [6, 6.07) is 17.0. The minimum absolute atomic E-state index is 0.107. The van der Waals surface area contributed by atoms with Crippen LogP contribution in [0.5, 0.6) is 0 Å². The molecule has 3 nitrogen and oxygen atoms in total. The molecule has 0 spiro atoms. The van der Waals surface area contributed by atoms with E-state index in [2.05, 4.69) is 65.0 Å². The summed E-state index contributed by atoms with van der Waals surface area (Å²) in [7, 11) is 0. The molecule has 1 heterocycles. The van der Waals surface area contributed by atoms with Gasteiger partial charge in [0.1, 0.15) is 5.82 Å². The summed E-state index contributed by atoms with van der Waals surface area (Å²) in [4.78, 5) is 4.56. The van der Waals surface area contributed by atoms with Gasteiger partial charge in [0.05, 0.1) is 0 Å². The number of hydrogen-bond donors (Lipinski definition) is 1. The van der Waals surface area contributed by atoms with Crippen LogP contribution in [0, 0.1) is 6.92 Å². The zero-order chi connectivity index (χ0) is 15.9. The summed E-state index contributed by atoms with van der Waals surface area (Å²) in [5.41, 5.74) is 11.1. The fourth-order valence-corrected chi connectivity index (χ4v) is 3.34. The molecule has 0 unspecified atom stereocenters. The van der Waals surface area contributed by atoms with Crippen LogP contribution in [0.2, 0.25) is 0 Å². The second kappa shape index (κ2) is 5.36. The van der Waals surface area contributed by atoms with Crippen molar-refractivity contribution in [2.24, 2.45) is 5.73 Å². The van der Waals surface area contributed by atoms with Gasteiger partial charge in [0.2, 0.25) is 0 Å². The second-order valence-electron chi connectivity index (χ2n) is 6.49. The Morgan fingerprint density at radius 3 is 2.43 bits per heavy atom. The summed E-state index contributed by atoms with van der Waals surface area (Å²) >= 11 is 0. The van der Waals surface area contributed by atoms with Crippen LogP contribution >= 0.6 is 0 Å². The average molecular weight is 303 g/mol. The van der Waals surface area contributed by atoms with Gasteiger partial charge in [-0.3, -0.25) is 4.57 Å². The molecule has 1 fully saturated rings. The molecule has 0 saturated heterocycles. The molecular formula is C20H21N3. The highest BCUT2D eigenvalue weighted by Gasteiger charge is 2.34. The van der Waals surface area contributed by atoms with Crippen molar-refractivity contribution in [2.45, 2.75) is 31.7 Å². The van der Waals surface area contributed by atoms with Crippen LogP contribution in [0.3, 0.4) is 0 Å². The molecular weight excluding hydrogens is 282 g/mol. The van der Waals surface area contributed by atoms with E-state index >= 15 is 0 Å². The maximum Gasteiger partial charge on any atom is 0.144 e. The maximum atomic E-state index is 6.41. The van der Waals surface area contributed by atoms with Gasteiger partial charge < -0.3 is 5.73 Å². The third kappa shape index (κ3) is 2.37. The van der Waals surface area contributed by atoms with Gasteiger partial charge in [0.15, 0.2) is 0 Å². The molecule has 0 amide bonds. The molecule has 23 heavy (non-hydrogen) atoms. The number of aryl methyl sites for hydroxylation is 1. The van der Waals surface area contributed by atoms with Crippen molar-refractivity contribution in [1.82, 2.24) is 9.55 Å². The highest BCUT2D eigenvalue weighted by Crippen LogP contribution is 2.39. The number of rotatable bonds is 3. The first kappa shape index (κ1) is 14.2. The van der Waals surface area contributed by atoms with Crippen molar-refractivity contribution in [3.05, 3.63) is 72.1 Å². The van der Waals surface area contributed by atoms with Gasteiger partial charge in [-0.05, 0) is 43.4 Å². The molecule has 3 heteroatoms. The molecule has 0 bridgehead atoms. The van der Waals surface area contributed by atoms with E-state index in [1.807, 2.05) is 12.4 Å². The first-order valence-corrected chi connectivity index (χ1v) is 8.17. The smallest absolute Gasteiger partial charge is 0.144 e. The number of nitrogens with zero attached hydrogens (tertiary/aromatic N) is 2. The van der Waals surface area contributed by atoms with E-state index in [1.54, 1.807) is 0 Å². The number of hydrogen-bond acceptors (Lipinski definition) is 2. The number of benzene rings is 2. The lowest BCUT2D eigenvalue weighted by Crippen LogP contribution is -2.43. The van der Waals surface area contributed by atoms with Crippen LogP contribution in [-0.4, -0.2) is 9.55 Å². The Bertz CT molecular complexity index is 826. The summed E-state index contributed by atoms with van der Waals surface area (Å²) in [5, 5.41) is 0. The average Bonchev–Trinajstić information content (AvgIpc) is 3.02. The van der Waals surface area contributed by atoms with Crippen molar-refractivity contribution in [3.63, 3.8) is 0 Å². The number of para-hydroxylation sites is 1. The largest absolute Gasteiger partial charge is 0.321 e. The number of aromatic nitrogens is 2. The number of nitrogens with two attached hydrogens (primary N) is 1. The monoisotopic (exact) mass is 303 g/mol. The summed E-state index contributed by atoms with van der Waals surface area (Å²) in [5.74, 6) is 0.963. The second-order valence-corrected chi connectivity index (χ2v) is 6.49. The van der Waals surface area contributed by atoms with Gasteiger partial charge in [-0.15, -0.1) is 0 Å². The lowest BCUT2D eigenvalue weighted by molar-refractivity contribution is 0.253. The Hall–Kier alpha value is -2.39. The first-order valence-electron chi connectivity index (χ1n) is 8.17. The lowest BCUT2D eigenvalue weighted by Gasteiger charge is -2.38. The van der Waals surface area contributed by atoms with Crippen molar-refractivity contribution >= 4 is 0 Å². The molecule has 0 radical (unpaired) electrons. The third-order valence-corrected chi connectivity index (χ3v) is 4.98. The quantitative estimate of drug-likeness (QED) is 0.788. The van der Waals surface area contributed by atoms with Crippen LogP contribution in [0.15, 0.2) is 60.9 Å². The van der Waals surface area contributed by atoms with E-state index in [9.17, 15) is 0 Å². The minimum atomic E-state index is -0.107. The number of imidazole rings is 1. The lowest BCUT2D eigenvalue weighted by atomic mass is 9.73. The van der Waals surface area contributed by atoms with Crippen molar-refractivity contribution in [3.8, 4) is 17.1 Å². The molecule has 4 rings (SSSR count). The molecule has 2 aromatic carbocycles. The predicted molar refractivity (Wildman–Crippen MR) is 93.5 cm³/mol. The molecule has 1 aromatic heterocycles. The highest BCUT2D eigenvalue weighted by molar-refractivity contribution is 5.60. The van der Waals surface area contributed by atoms with E-state index in [0.29, 0.717) is 0 Å². The summed E-state index contributed by atoms with van der Waals surface area (Å²) in [6.45, 7) is 2.12. The standard InChI is InChI=1S/C20H21N3/c1-15-5-2-3-6-18(15)23-14-13-22-19(23)16-7-9-17(10-8-16)20(21)11-4-12-20/h2-3,5-10,13-14H,4,11-12,21H2,1H3. The zero-order valence-electron chi connectivity index (χ0n) is 13.4. The molecule has 3 aromatic rings. The third-order valence-electron chi connectivity index (χ3n) is 4.98. The summed E-state index contributed by atoms with van der Waals surface area (Å²) in [6.07, 6.45) is 7.28. The Morgan fingerprint density at radius 1 is 1.04 bits per heavy atom. The van der Waals surface area contributed by atoms with E-state index in [1.165, 1.54) is 23.2 Å². The van der Waals surface area contributed by atoms with Crippen LogP contribution in [0.25, 0.3) is 17.1 Å². The Labute approximate surface area is 136 Å². The maximum absolute atomic E-state index is 6.41. The topological polar surface area (TPSA) is 43.8 Å². The minimum Gasteiger partial charge on any atom is -0.321 e. The Kier molecular flexibility index (Phi) is 3.31. The van der Waals surface area contributed by atoms with Gasteiger partial charge in [0, 0.05) is 29.2 Å². The normalized spacial score (nSPS) is 16.1. The zero-order valence-corrected chi connectivity index (χ0v) is 13.4. The Morgan fingerprint density at radius 2 is 1.78 bits per heavy atom. The van der Waals surface area contributed by atoms with E-state index < -0.39 is 0 Å². The van der Waals surface area contributed by atoms with Crippen molar-refractivity contribution < 1.29 is 0 Å². The Balaban J connectivity index is 1.72. The fraction of sp³-hybridized carbons (Fsp3) is 0.250. The fourth-order valence-electron chi connectivity index (χ4n) is 3.34. The molecule has 2 N–H and O–H groups in total. The van der Waals surface area contributed by atoms with Crippen LogP contribution in [0.4, 0.5) is 0 Å². The van der Waals surface area contributed by atoms with Gasteiger partial charge in [-0.1, -0.05) is 42.5 Å². The van der Waals surface area contributed by atoms with Crippen molar-refractivity contribution in [1.29, 1.82) is 0 Å². The van der Waals surface area contributed by atoms with Gasteiger partial charge >= 0.3 is 0 Å². The van der Waals surface area contributed by atoms with Gasteiger partial charge in [-0.2, -0.15) is 0 Å². The van der Waals surface area contributed by atoms with Crippen LogP contribution < -0.4 is 5.73 Å². The molecule has 1 saturated carbocycles. The highest BCUT2D eigenvalue weighted by atomic mass is 15.1. The van der Waals surface area contributed by atoms with E-state index in [4.69, 9.17) is 5.73 Å². The molecule has 1 aliphatic rings. The van der Waals surface area contributed by atoms with E-state index in [-0.39, 0.29) is 5.54 Å². The molecule has 116 valence electrons. The predicted octanol–water partition coefficient (Wildman–Crippen LogP) is 4.19. The first-order chi connectivity index (χ1) is 11.2. The van der Waals surface area contributed by atoms with Crippen LogP contribution in [-0.2, 0) is 5.54 Å². The van der Waals surface area contributed by atoms with Crippen LogP contribution in [0.1, 0.15) is 30.4 Å². The van der Waals surface area contributed by atoms with Gasteiger partial charge in [-0.25, -0.2) is 4.98 Å². The van der Waals surface area contributed by atoms with Gasteiger partial charge in [0.25, 0.3) is 0 Å². The molecule has 0 atom stereocenters. The molecule has 0 aliphatic heterocycles. The summed E-state index contributed by atoms with van der Waals surface area (Å²) < 4.78 is 2.14. The molecule has 1 aliphatic carbocycles.